The Morgan fingerprint density at radius 1 is 1.15 bits per heavy atom. The van der Waals surface area contributed by atoms with Gasteiger partial charge in [0.25, 0.3) is 11.8 Å². The maximum absolute atomic E-state index is 12.8. The lowest BCUT2D eigenvalue weighted by molar-refractivity contribution is -0.120. The summed E-state index contributed by atoms with van der Waals surface area (Å²) in [5.41, 5.74) is 1.06. The molecule has 4 rings (SSSR count). The summed E-state index contributed by atoms with van der Waals surface area (Å²) in [4.78, 5) is 31.2. The molecular formula is C25H27N5O4. The van der Waals surface area contributed by atoms with Gasteiger partial charge in [0.1, 0.15) is 6.07 Å². The molecule has 1 aliphatic heterocycles. The summed E-state index contributed by atoms with van der Waals surface area (Å²) in [5, 5.41) is 15.3. The Bertz CT molecular complexity index is 1190. The Morgan fingerprint density at radius 2 is 1.85 bits per heavy atom. The van der Waals surface area contributed by atoms with Crippen LogP contribution in [0.1, 0.15) is 49.7 Å². The first-order chi connectivity index (χ1) is 16.2. The van der Waals surface area contributed by atoms with Crippen molar-refractivity contribution in [1.82, 2.24) is 10.3 Å². The smallest absolute Gasteiger partial charge is 0.266 e. The highest BCUT2D eigenvalue weighted by atomic mass is 16.4. The number of piperidine rings is 1. The maximum atomic E-state index is 12.8. The molecule has 1 fully saturated rings. The quantitative estimate of drug-likeness (QED) is 0.584. The number of carbonyl (C=O) groups is 2. The molecule has 0 unspecified atom stereocenters. The monoisotopic (exact) mass is 461 g/mol. The van der Waals surface area contributed by atoms with Gasteiger partial charge in [-0.05, 0) is 70.0 Å². The minimum Gasteiger partial charge on any atom is -0.459 e. The predicted octanol–water partition coefficient (Wildman–Crippen LogP) is 4.19. The number of nitrogens with one attached hydrogen (secondary N) is 2. The van der Waals surface area contributed by atoms with E-state index in [1.165, 1.54) is 6.26 Å². The number of aromatic nitrogens is 1. The third kappa shape index (κ3) is 5.29. The minimum atomic E-state index is -0.321. The summed E-state index contributed by atoms with van der Waals surface area (Å²) >= 11 is 0. The van der Waals surface area contributed by atoms with Crippen LogP contribution in [-0.2, 0) is 4.79 Å². The molecule has 1 aliphatic rings. The van der Waals surface area contributed by atoms with Crippen molar-refractivity contribution < 1.29 is 18.4 Å². The second-order valence-electron chi connectivity index (χ2n) is 9.29. The first kappa shape index (κ1) is 23.1. The molecule has 0 radical (unpaired) electrons. The fourth-order valence-corrected chi connectivity index (χ4v) is 3.81. The number of anilines is 2. The molecule has 34 heavy (non-hydrogen) atoms. The predicted molar refractivity (Wildman–Crippen MR) is 126 cm³/mol. The van der Waals surface area contributed by atoms with E-state index in [0.717, 1.165) is 0 Å². The molecule has 0 aliphatic carbocycles. The largest absolute Gasteiger partial charge is 0.459 e. The molecule has 1 aromatic carbocycles. The first-order valence-corrected chi connectivity index (χ1v) is 11.2. The highest BCUT2D eigenvalue weighted by Crippen LogP contribution is 2.31. The molecular weight excluding hydrogens is 434 g/mol. The first-order valence-electron chi connectivity index (χ1n) is 11.2. The lowest BCUT2D eigenvalue weighted by atomic mass is 9.95. The molecule has 2 amide bonds. The highest BCUT2D eigenvalue weighted by molar-refractivity contribution is 5.96. The number of carbonyl (C=O) groups excluding carboxylic acids is 2. The van der Waals surface area contributed by atoms with Crippen LogP contribution in [0.3, 0.4) is 0 Å². The number of furan rings is 1. The van der Waals surface area contributed by atoms with Crippen molar-refractivity contribution in [3.8, 4) is 17.7 Å². The van der Waals surface area contributed by atoms with Gasteiger partial charge in [0.2, 0.25) is 17.5 Å². The van der Waals surface area contributed by atoms with E-state index in [4.69, 9.17) is 8.83 Å². The van der Waals surface area contributed by atoms with Crippen molar-refractivity contribution in [2.75, 3.05) is 23.3 Å². The van der Waals surface area contributed by atoms with Crippen LogP contribution in [0.5, 0.6) is 0 Å². The second kappa shape index (κ2) is 9.43. The van der Waals surface area contributed by atoms with Gasteiger partial charge in [0.05, 0.1) is 6.26 Å². The van der Waals surface area contributed by atoms with Crippen LogP contribution in [0.2, 0.25) is 0 Å². The van der Waals surface area contributed by atoms with Gasteiger partial charge < -0.3 is 24.4 Å². The molecule has 9 nitrogen and oxygen atoms in total. The summed E-state index contributed by atoms with van der Waals surface area (Å²) in [6.45, 7) is 6.89. The number of rotatable bonds is 5. The van der Waals surface area contributed by atoms with E-state index in [0.29, 0.717) is 48.8 Å². The van der Waals surface area contributed by atoms with Gasteiger partial charge in [0.15, 0.2) is 5.76 Å². The molecule has 176 valence electrons. The topological polar surface area (TPSA) is 124 Å². The standard InChI is InChI=1S/C25H27N5O4/c1-25(2,3)29-22(32)16-6-8-18(9-7-16)27-21(31)17-10-12-30(13-11-17)24-19(15-26)28-23(34-24)20-5-4-14-33-20/h4-9,14,17H,10-13H2,1-3H3,(H,27,31)(H,29,32). The average molecular weight is 462 g/mol. The number of oxazole rings is 1. The second-order valence-corrected chi connectivity index (χ2v) is 9.29. The van der Waals surface area contributed by atoms with Crippen molar-refractivity contribution in [2.45, 2.75) is 39.2 Å². The Kier molecular flexibility index (Phi) is 6.41. The lowest BCUT2D eigenvalue weighted by Crippen LogP contribution is -2.40. The van der Waals surface area contributed by atoms with Crippen molar-refractivity contribution in [2.24, 2.45) is 5.92 Å². The van der Waals surface area contributed by atoms with E-state index >= 15 is 0 Å². The molecule has 9 heteroatoms. The van der Waals surface area contributed by atoms with Gasteiger partial charge in [-0.1, -0.05) is 0 Å². The number of hydrogen-bond acceptors (Lipinski definition) is 7. The Balaban J connectivity index is 1.34. The molecule has 0 saturated carbocycles. The van der Waals surface area contributed by atoms with Gasteiger partial charge in [-0.25, -0.2) is 0 Å². The van der Waals surface area contributed by atoms with Crippen LogP contribution in [0, 0.1) is 17.2 Å². The lowest BCUT2D eigenvalue weighted by Gasteiger charge is -2.31. The molecule has 0 bridgehead atoms. The zero-order valence-electron chi connectivity index (χ0n) is 19.4. The molecule has 0 spiro atoms. The van der Waals surface area contributed by atoms with E-state index in [-0.39, 0.29) is 34.9 Å². The van der Waals surface area contributed by atoms with Crippen LogP contribution in [0.15, 0.2) is 51.5 Å². The van der Waals surface area contributed by atoms with Crippen LogP contribution in [0.4, 0.5) is 11.6 Å². The van der Waals surface area contributed by atoms with E-state index < -0.39 is 0 Å². The summed E-state index contributed by atoms with van der Waals surface area (Å²) in [5.74, 6) is 0.725. The number of hydrogen-bond donors (Lipinski definition) is 2. The fraction of sp³-hybridized carbons (Fsp3) is 0.360. The van der Waals surface area contributed by atoms with Crippen LogP contribution >= 0.6 is 0 Å². The Morgan fingerprint density at radius 3 is 2.44 bits per heavy atom. The third-order valence-corrected chi connectivity index (χ3v) is 5.50. The van der Waals surface area contributed by atoms with Gasteiger partial charge in [-0.15, -0.1) is 0 Å². The van der Waals surface area contributed by atoms with Crippen LogP contribution in [0.25, 0.3) is 11.7 Å². The number of nitriles is 1. The summed E-state index contributed by atoms with van der Waals surface area (Å²) in [6.07, 6.45) is 2.74. The van der Waals surface area contributed by atoms with Gasteiger partial charge >= 0.3 is 0 Å². The van der Waals surface area contributed by atoms with E-state index in [2.05, 4.69) is 21.7 Å². The molecule has 3 heterocycles. The summed E-state index contributed by atoms with van der Waals surface area (Å²) < 4.78 is 11.1. The van der Waals surface area contributed by atoms with Crippen LogP contribution in [-0.4, -0.2) is 35.4 Å². The number of amides is 2. The van der Waals surface area contributed by atoms with Crippen molar-refractivity contribution >= 4 is 23.4 Å². The van der Waals surface area contributed by atoms with E-state index in [1.54, 1.807) is 36.4 Å². The SMILES string of the molecule is CC(C)(C)NC(=O)c1ccc(NC(=O)C2CCN(c3oc(-c4ccco4)nc3C#N)CC2)cc1. The molecule has 2 N–H and O–H groups in total. The Labute approximate surface area is 197 Å². The zero-order valence-corrected chi connectivity index (χ0v) is 19.4. The zero-order chi connectivity index (χ0) is 24.3. The fourth-order valence-electron chi connectivity index (χ4n) is 3.81. The molecule has 1 saturated heterocycles. The van der Waals surface area contributed by atoms with Gasteiger partial charge in [-0.2, -0.15) is 10.2 Å². The summed E-state index contributed by atoms with van der Waals surface area (Å²) in [7, 11) is 0. The molecule has 3 aromatic rings. The maximum Gasteiger partial charge on any atom is 0.266 e. The third-order valence-electron chi connectivity index (χ3n) is 5.50. The highest BCUT2D eigenvalue weighted by Gasteiger charge is 2.29. The van der Waals surface area contributed by atoms with Crippen molar-refractivity contribution in [1.29, 1.82) is 5.26 Å². The Hall–Kier alpha value is -4.06. The average Bonchev–Trinajstić information content (AvgIpc) is 3.48. The minimum absolute atomic E-state index is 0.0686. The normalized spacial score (nSPS) is 14.5. The van der Waals surface area contributed by atoms with Gasteiger partial charge in [0, 0.05) is 35.8 Å². The van der Waals surface area contributed by atoms with Gasteiger partial charge in [-0.3, -0.25) is 9.59 Å². The number of nitrogens with zero attached hydrogens (tertiary/aromatic N) is 3. The molecule has 2 aromatic heterocycles. The van der Waals surface area contributed by atoms with E-state index in [1.807, 2.05) is 25.7 Å². The van der Waals surface area contributed by atoms with Crippen LogP contribution < -0.4 is 15.5 Å². The van der Waals surface area contributed by atoms with Crippen molar-refractivity contribution in [3.05, 3.63) is 53.9 Å². The molecule has 0 atom stereocenters. The number of benzene rings is 1. The summed E-state index contributed by atoms with van der Waals surface area (Å²) in [6, 6.07) is 12.4. The van der Waals surface area contributed by atoms with Crippen molar-refractivity contribution in [3.63, 3.8) is 0 Å². The van der Waals surface area contributed by atoms with E-state index in [9.17, 15) is 14.9 Å².